The zero-order valence-electron chi connectivity index (χ0n) is 33.1. The summed E-state index contributed by atoms with van der Waals surface area (Å²) in [7, 11) is 6.44. The van der Waals surface area contributed by atoms with E-state index in [1.807, 2.05) is 14.1 Å². The lowest BCUT2D eigenvalue weighted by Crippen LogP contribution is -2.34. The van der Waals surface area contributed by atoms with Crippen LogP contribution in [0.4, 0.5) is 0 Å². The number of nitrogens with zero attached hydrogens (tertiary/aromatic N) is 3. The molecule has 10 nitrogen and oxygen atoms in total. The lowest BCUT2D eigenvalue weighted by Gasteiger charge is -2.32. The summed E-state index contributed by atoms with van der Waals surface area (Å²) in [6.45, 7) is 10.6. The number of nitrogens with one attached hydrogen (secondary N) is 2. The van der Waals surface area contributed by atoms with E-state index in [1.54, 1.807) is 4.90 Å². The van der Waals surface area contributed by atoms with Crippen LogP contribution >= 0.6 is 0 Å². The van der Waals surface area contributed by atoms with Gasteiger partial charge in [0.1, 0.15) is 0 Å². The molecule has 5 heterocycles. The second kappa shape index (κ2) is 16.9. The number of unbranched alkanes of at least 4 members (excludes halogenated alkanes) is 4. The van der Waals surface area contributed by atoms with Crippen LogP contribution in [0.3, 0.4) is 0 Å². The molecule has 0 radical (unpaired) electrons. The lowest BCUT2D eigenvalue weighted by molar-refractivity contribution is -0.141. The van der Waals surface area contributed by atoms with Gasteiger partial charge in [-0.2, -0.15) is 0 Å². The van der Waals surface area contributed by atoms with Crippen molar-refractivity contribution in [3.8, 4) is 0 Å². The number of methoxy groups -OCH3 is 2. The molecule has 0 spiro atoms. The Balaban J connectivity index is 1.84. The predicted molar refractivity (Wildman–Crippen MR) is 211 cm³/mol. The number of rotatable bonds is 14. The maximum atomic E-state index is 13.6. The van der Waals surface area contributed by atoms with Gasteiger partial charge in [0.15, 0.2) is 0 Å². The molecule has 0 aliphatic carbocycles. The molecule has 0 aromatic carbocycles. The Morgan fingerprint density at radius 3 is 1.94 bits per heavy atom. The molecule has 284 valence electrons. The van der Waals surface area contributed by atoms with Gasteiger partial charge in [-0.05, 0) is 98.2 Å². The van der Waals surface area contributed by atoms with Gasteiger partial charge in [-0.15, -0.1) is 0 Å². The molecule has 2 N–H and O–H groups in total. The molecule has 53 heavy (non-hydrogen) atoms. The van der Waals surface area contributed by atoms with Crippen molar-refractivity contribution >= 4 is 51.6 Å². The highest BCUT2D eigenvalue weighted by Gasteiger charge is 2.44. The molecular weight excluding hydrogens is 667 g/mol. The van der Waals surface area contributed by atoms with E-state index in [4.69, 9.17) is 19.4 Å². The standard InChI is InChI=1S/C43H57N5O5/c1-10-11-12-13-14-15-32-38-22-33-26(2)20-29(44-33)21-34-27(3)30(16-18-41(50)52-8)36(45-34)23-37-31(17-19-42(51)53-9)28(4)35(46-37)24-39(47-38)43(32,5)25-40(49)48(6)7/h20-24,32,45-46H,10-19,25H2,1-9H3/t32-,43-/m0/s1. The first-order chi connectivity index (χ1) is 25.3. The third-order valence-electron chi connectivity index (χ3n) is 11.3. The molecule has 0 saturated carbocycles. The fourth-order valence-corrected chi connectivity index (χ4v) is 7.82. The van der Waals surface area contributed by atoms with Crippen molar-refractivity contribution in [2.75, 3.05) is 28.3 Å². The number of aromatic amines is 2. The minimum atomic E-state index is -0.568. The van der Waals surface area contributed by atoms with Crippen LogP contribution in [0.2, 0.25) is 0 Å². The van der Waals surface area contributed by atoms with Crippen LogP contribution in [-0.4, -0.2) is 71.0 Å². The molecule has 8 bridgehead atoms. The second-order valence-corrected chi connectivity index (χ2v) is 15.2. The number of amides is 1. The maximum Gasteiger partial charge on any atom is 0.305 e. The first-order valence-corrected chi connectivity index (χ1v) is 19.1. The van der Waals surface area contributed by atoms with Gasteiger partial charge in [0, 0.05) is 78.1 Å². The molecule has 0 fully saturated rings. The average molecular weight is 724 g/mol. The molecule has 10 heteroatoms. The molecule has 2 aliphatic rings. The molecule has 0 unspecified atom stereocenters. The molecule has 2 aliphatic heterocycles. The highest BCUT2D eigenvalue weighted by atomic mass is 16.5. The Morgan fingerprint density at radius 2 is 1.38 bits per heavy atom. The third kappa shape index (κ3) is 8.74. The Morgan fingerprint density at radius 1 is 0.792 bits per heavy atom. The molecule has 3 aromatic heterocycles. The number of aromatic nitrogens is 4. The van der Waals surface area contributed by atoms with Crippen LogP contribution in [0.1, 0.15) is 130 Å². The fourth-order valence-electron chi connectivity index (χ4n) is 7.82. The van der Waals surface area contributed by atoms with Crippen molar-refractivity contribution in [1.82, 2.24) is 24.8 Å². The van der Waals surface area contributed by atoms with Gasteiger partial charge in [0.2, 0.25) is 5.91 Å². The van der Waals surface area contributed by atoms with Crippen molar-refractivity contribution in [2.45, 2.75) is 117 Å². The number of aryl methyl sites for hydroxylation is 4. The summed E-state index contributed by atoms with van der Waals surface area (Å²) in [5.41, 5.74) is 11.5. The van der Waals surface area contributed by atoms with Crippen LogP contribution in [-0.2, 0) is 42.1 Å². The highest BCUT2D eigenvalue weighted by Crippen LogP contribution is 2.48. The smallest absolute Gasteiger partial charge is 0.305 e. The molecule has 5 rings (SSSR count). The van der Waals surface area contributed by atoms with Gasteiger partial charge < -0.3 is 24.3 Å². The highest BCUT2D eigenvalue weighted by molar-refractivity contribution is 5.85. The summed E-state index contributed by atoms with van der Waals surface area (Å²) in [6.07, 6.45) is 10.5. The number of hydrogen-bond acceptors (Lipinski definition) is 7. The number of ether oxygens (including phenoxy) is 2. The summed E-state index contributed by atoms with van der Waals surface area (Å²) in [5.74, 6) is -0.480. The molecule has 2 atom stereocenters. The Kier molecular flexibility index (Phi) is 12.6. The van der Waals surface area contributed by atoms with Crippen LogP contribution in [0.25, 0.3) is 33.7 Å². The van der Waals surface area contributed by atoms with Crippen molar-refractivity contribution < 1.29 is 23.9 Å². The summed E-state index contributed by atoms with van der Waals surface area (Å²) < 4.78 is 10.0. The number of carbonyl (C=O) groups excluding carboxylic acids is 3. The summed E-state index contributed by atoms with van der Waals surface area (Å²) in [4.78, 5) is 57.7. The van der Waals surface area contributed by atoms with E-state index >= 15 is 0 Å². The summed E-state index contributed by atoms with van der Waals surface area (Å²) in [6, 6.07) is 8.37. The molecule has 3 aromatic rings. The third-order valence-corrected chi connectivity index (χ3v) is 11.3. The number of fused-ring (bicyclic) bond motifs is 8. The summed E-state index contributed by atoms with van der Waals surface area (Å²) >= 11 is 0. The summed E-state index contributed by atoms with van der Waals surface area (Å²) in [5, 5.41) is 0. The number of esters is 2. The monoisotopic (exact) mass is 723 g/mol. The van der Waals surface area contributed by atoms with Crippen molar-refractivity contribution in [2.24, 2.45) is 0 Å². The van der Waals surface area contributed by atoms with Gasteiger partial charge in [-0.25, -0.2) is 4.98 Å². The predicted octanol–water partition coefficient (Wildman–Crippen LogP) is 8.58. The molecule has 1 amide bonds. The van der Waals surface area contributed by atoms with E-state index in [-0.39, 0.29) is 36.6 Å². The Bertz CT molecular complexity index is 2050. The van der Waals surface area contributed by atoms with Gasteiger partial charge >= 0.3 is 11.9 Å². The first-order valence-electron chi connectivity index (χ1n) is 19.1. The minimum absolute atomic E-state index is 0.0174. The largest absolute Gasteiger partial charge is 0.469 e. The number of carbonyl (C=O) groups is 3. The number of H-pyrrole nitrogens is 2. The Labute approximate surface area is 313 Å². The first kappa shape index (κ1) is 39.5. The van der Waals surface area contributed by atoms with Gasteiger partial charge in [-0.1, -0.05) is 46.0 Å². The van der Waals surface area contributed by atoms with Crippen LogP contribution in [0.15, 0.2) is 24.3 Å². The minimum Gasteiger partial charge on any atom is -0.469 e. The number of hydrogen-bond donors (Lipinski definition) is 2. The van der Waals surface area contributed by atoms with Crippen LogP contribution in [0, 0.1) is 13.8 Å². The zero-order chi connectivity index (χ0) is 38.4. The van der Waals surface area contributed by atoms with E-state index in [0.717, 1.165) is 91.9 Å². The van der Waals surface area contributed by atoms with Crippen molar-refractivity contribution in [3.63, 3.8) is 0 Å². The van der Waals surface area contributed by atoms with Crippen molar-refractivity contribution in [1.29, 1.82) is 0 Å². The lowest BCUT2D eigenvalue weighted by atomic mass is 9.70. The van der Waals surface area contributed by atoms with Gasteiger partial charge in [0.05, 0.1) is 25.6 Å². The zero-order valence-corrected chi connectivity index (χ0v) is 33.1. The topological polar surface area (TPSA) is 130 Å². The van der Waals surface area contributed by atoms with Crippen molar-refractivity contribution in [3.05, 3.63) is 69.3 Å². The van der Waals surface area contributed by atoms with Gasteiger partial charge in [0.25, 0.3) is 0 Å². The van der Waals surface area contributed by atoms with E-state index in [2.05, 4.69) is 74.9 Å². The maximum absolute atomic E-state index is 13.6. The normalized spacial score (nSPS) is 16.7. The fraction of sp³-hybridized carbons (Fsp3) is 0.512. The SMILES string of the molecule is CCCCCCC[C@H]1c2cc3nc(cc4[nH]c(cc5[nH]c(cc(n2)[C@@]1(C)CC(=O)N(C)C)c(C)c5CCC(=O)OC)c(CCC(=O)OC)c4C)C=C3C. The molecular formula is C43H57N5O5. The van der Waals surface area contributed by atoms with E-state index in [0.29, 0.717) is 19.3 Å². The average Bonchev–Trinajstić information content (AvgIpc) is 3.79. The van der Waals surface area contributed by atoms with E-state index < -0.39 is 5.41 Å². The van der Waals surface area contributed by atoms with Crippen LogP contribution in [0.5, 0.6) is 0 Å². The molecule has 0 saturated heterocycles. The Hall–Kier alpha value is -4.73. The van der Waals surface area contributed by atoms with E-state index in [1.165, 1.54) is 33.5 Å². The second-order valence-electron chi connectivity index (χ2n) is 15.2. The van der Waals surface area contributed by atoms with Gasteiger partial charge in [-0.3, -0.25) is 19.4 Å². The quantitative estimate of drug-likeness (QED) is 0.126. The number of allylic oxidation sites excluding steroid dienone is 1. The van der Waals surface area contributed by atoms with E-state index in [9.17, 15) is 14.4 Å². The van der Waals surface area contributed by atoms with Crippen LogP contribution < -0.4 is 0 Å².